The first-order valence-electron chi connectivity index (χ1n) is 6.01. The van der Waals surface area contributed by atoms with Gasteiger partial charge in [-0.3, -0.25) is 4.79 Å². The van der Waals surface area contributed by atoms with Gasteiger partial charge in [0.2, 0.25) is 0 Å². The minimum absolute atomic E-state index is 0.213. The Morgan fingerprint density at radius 1 is 1.44 bits per heavy atom. The van der Waals surface area contributed by atoms with Gasteiger partial charge in [-0.15, -0.1) is 0 Å². The number of hydrogen-bond donors (Lipinski definition) is 2. The van der Waals surface area contributed by atoms with E-state index in [0.717, 1.165) is 34.2 Å². The van der Waals surface area contributed by atoms with Gasteiger partial charge in [0.05, 0.1) is 17.0 Å². The van der Waals surface area contributed by atoms with Crippen molar-refractivity contribution >= 4 is 32.9 Å². The van der Waals surface area contributed by atoms with Crippen molar-refractivity contribution in [2.24, 2.45) is 5.92 Å². The molecule has 0 spiro atoms. The lowest BCUT2D eigenvalue weighted by Gasteiger charge is -2.04. The van der Waals surface area contributed by atoms with Gasteiger partial charge in [-0.25, -0.2) is 4.98 Å². The highest BCUT2D eigenvalue weighted by Gasteiger charge is 2.32. The second-order valence-corrected chi connectivity index (χ2v) is 5.74. The topological polar surface area (TPSA) is 66.0 Å². The average Bonchev–Trinajstić information content (AvgIpc) is 2.93. The molecule has 1 aromatic carbocycles. The Bertz CT molecular complexity index is 608. The number of imidazole rings is 1. The predicted octanol–water partition coefficient (Wildman–Crippen LogP) is 3.29. The van der Waals surface area contributed by atoms with Crippen LogP contribution in [-0.4, -0.2) is 21.0 Å². The van der Waals surface area contributed by atoms with Crippen LogP contribution in [0.2, 0.25) is 0 Å². The fraction of sp³-hybridized carbons (Fsp3) is 0.385. The van der Waals surface area contributed by atoms with Crippen molar-refractivity contribution in [1.82, 2.24) is 9.97 Å². The molecule has 2 N–H and O–H groups in total. The van der Waals surface area contributed by atoms with E-state index in [4.69, 9.17) is 5.11 Å². The molecule has 1 saturated carbocycles. The van der Waals surface area contributed by atoms with Crippen molar-refractivity contribution in [3.8, 4) is 0 Å². The maximum atomic E-state index is 11.0. The van der Waals surface area contributed by atoms with Crippen LogP contribution >= 0.6 is 15.9 Å². The van der Waals surface area contributed by atoms with Crippen molar-refractivity contribution in [2.75, 3.05) is 0 Å². The van der Waals surface area contributed by atoms with Crippen LogP contribution in [-0.2, 0) is 4.79 Å². The molecule has 4 nitrogen and oxygen atoms in total. The SMILES string of the molecule is O=C(O)C1CCC(c2nc3ccc(Br)cc3[nH]2)C1. The third-order valence-corrected chi connectivity index (χ3v) is 4.12. The number of aromatic amines is 1. The lowest BCUT2D eigenvalue weighted by atomic mass is 10.0. The first-order valence-corrected chi connectivity index (χ1v) is 6.81. The molecular weight excluding hydrogens is 296 g/mol. The monoisotopic (exact) mass is 308 g/mol. The number of rotatable bonds is 2. The zero-order chi connectivity index (χ0) is 12.7. The van der Waals surface area contributed by atoms with Crippen LogP contribution < -0.4 is 0 Å². The molecule has 1 aromatic heterocycles. The van der Waals surface area contributed by atoms with Crippen molar-refractivity contribution in [2.45, 2.75) is 25.2 Å². The summed E-state index contributed by atoms with van der Waals surface area (Å²) in [6.07, 6.45) is 2.34. The quantitative estimate of drug-likeness (QED) is 0.894. The van der Waals surface area contributed by atoms with Crippen LogP contribution in [0, 0.1) is 5.92 Å². The summed E-state index contributed by atoms with van der Waals surface area (Å²) in [4.78, 5) is 18.8. The highest BCUT2D eigenvalue weighted by atomic mass is 79.9. The van der Waals surface area contributed by atoms with E-state index in [1.165, 1.54) is 0 Å². The third kappa shape index (κ3) is 2.03. The van der Waals surface area contributed by atoms with Crippen LogP contribution in [0.4, 0.5) is 0 Å². The number of carboxylic acid groups (broad SMARTS) is 1. The molecule has 0 radical (unpaired) electrons. The van der Waals surface area contributed by atoms with Crippen molar-refractivity contribution in [1.29, 1.82) is 0 Å². The Hall–Kier alpha value is -1.36. The smallest absolute Gasteiger partial charge is 0.306 e. The first kappa shape index (κ1) is 11.7. The van der Waals surface area contributed by atoms with Gasteiger partial charge in [0.15, 0.2) is 0 Å². The average molecular weight is 309 g/mol. The van der Waals surface area contributed by atoms with Gasteiger partial charge in [0.25, 0.3) is 0 Å². The molecule has 2 atom stereocenters. The molecule has 2 aromatic rings. The summed E-state index contributed by atoms with van der Waals surface area (Å²) < 4.78 is 1.01. The van der Waals surface area contributed by atoms with Crippen LogP contribution in [0.5, 0.6) is 0 Å². The van der Waals surface area contributed by atoms with E-state index in [2.05, 4.69) is 25.9 Å². The summed E-state index contributed by atoms with van der Waals surface area (Å²) in [5.74, 6) is 0.274. The Kier molecular flexibility index (Phi) is 2.86. The molecule has 1 aliphatic carbocycles. The normalized spacial score (nSPS) is 23.6. The lowest BCUT2D eigenvalue weighted by molar-refractivity contribution is -0.141. The van der Waals surface area contributed by atoms with Crippen molar-refractivity contribution in [3.63, 3.8) is 0 Å². The van der Waals surface area contributed by atoms with E-state index in [1.54, 1.807) is 0 Å². The highest BCUT2D eigenvalue weighted by molar-refractivity contribution is 9.10. The molecule has 94 valence electrons. The summed E-state index contributed by atoms with van der Waals surface area (Å²) in [5, 5.41) is 9.02. The van der Waals surface area contributed by atoms with E-state index in [1.807, 2.05) is 18.2 Å². The molecule has 0 amide bonds. The maximum absolute atomic E-state index is 11.0. The minimum Gasteiger partial charge on any atom is -0.481 e. The lowest BCUT2D eigenvalue weighted by Crippen LogP contribution is -2.09. The number of aromatic nitrogens is 2. The van der Waals surface area contributed by atoms with E-state index in [-0.39, 0.29) is 11.8 Å². The number of aliphatic carboxylic acids is 1. The largest absolute Gasteiger partial charge is 0.481 e. The van der Waals surface area contributed by atoms with Gasteiger partial charge in [-0.2, -0.15) is 0 Å². The van der Waals surface area contributed by atoms with Crippen LogP contribution in [0.3, 0.4) is 0 Å². The molecule has 0 saturated heterocycles. The fourth-order valence-electron chi connectivity index (χ4n) is 2.65. The molecule has 0 bridgehead atoms. The number of carbonyl (C=O) groups is 1. The number of nitrogens with zero attached hydrogens (tertiary/aromatic N) is 1. The van der Waals surface area contributed by atoms with Gasteiger partial charge in [0, 0.05) is 10.4 Å². The second kappa shape index (κ2) is 4.39. The highest BCUT2D eigenvalue weighted by Crippen LogP contribution is 2.37. The zero-order valence-electron chi connectivity index (χ0n) is 9.69. The molecule has 0 aliphatic heterocycles. The molecule has 3 rings (SSSR count). The van der Waals surface area contributed by atoms with Gasteiger partial charge < -0.3 is 10.1 Å². The number of H-pyrrole nitrogens is 1. The number of nitrogens with one attached hydrogen (secondary N) is 1. The van der Waals surface area contributed by atoms with Crippen LogP contribution in [0.25, 0.3) is 11.0 Å². The summed E-state index contributed by atoms with van der Waals surface area (Å²) in [6, 6.07) is 5.92. The third-order valence-electron chi connectivity index (χ3n) is 3.63. The zero-order valence-corrected chi connectivity index (χ0v) is 11.3. The van der Waals surface area contributed by atoms with E-state index in [0.29, 0.717) is 6.42 Å². The summed E-state index contributed by atoms with van der Waals surface area (Å²) >= 11 is 3.43. The molecule has 1 aliphatic rings. The number of hydrogen-bond acceptors (Lipinski definition) is 2. The Balaban J connectivity index is 1.89. The van der Waals surface area contributed by atoms with E-state index < -0.39 is 5.97 Å². The first-order chi connectivity index (χ1) is 8.63. The molecule has 2 unspecified atom stereocenters. The number of fused-ring (bicyclic) bond motifs is 1. The molecule has 5 heteroatoms. The van der Waals surface area contributed by atoms with Gasteiger partial charge in [-0.1, -0.05) is 15.9 Å². The number of halogens is 1. The van der Waals surface area contributed by atoms with Crippen LogP contribution in [0.15, 0.2) is 22.7 Å². The molecule has 1 fully saturated rings. The Labute approximate surface area is 113 Å². The molecular formula is C13H13BrN2O2. The number of benzene rings is 1. The van der Waals surface area contributed by atoms with Gasteiger partial charge in [0.1, 0.15) is 5.82 Å². The van der Waals surface area contributed by atoms with Crippen molar-refractivity contribution in [3.05, 3.63) is 28.5 Å². The summed E-state index contributed by atoms with van der Waals surface area (Å²) in [7, 11) is 0. The maximum Gasteiger partial charge on any atom is 0.306 e. The Morgan fingerprint density at radius 2 is 2.28 bits per heavy atom. The van der Waals surface area contributed by atoms with Gasteiger partial charge in [-0.05, 0) is 37.5 Å². The van der Waals surface area contributed by atoms with Gasteiger partial charge >= 0.3 is 5.97 Å². The molecule has 18 heavy (non-hydrogen) atoms. The Morgan fingerprint density at radius 3 is 3.00 bits per heavy atom. The fourth-order valence-corrected chi connectivity index (χ4v) is 3.01. The van der Waals surface area contributed by atoms with E-state index >= 15 is 0 Å². The summed E-state index contributed by atoms with van der Waals surface area (Å²) in [5.41, 5.74) is 1.94. The second-order valence-electron chi connectivity index (χ2n) is 4.83. The van der Waals surface area contributed by atoms with Crippen LogP contribution in [0.1, 0.15) is 31.0 Å². The van der Waals surface area contributed by atoms with E-state index in [9.17, 15) is 4.79 Å². The molecule has 1 heterocycles. The standard InChI is InChI=1S/C13H13BrN2O2/c14-9-3-4-10-11(6-9)16-12(15-10)7-1-2-8(5-7)13(17)18/h3-4,6-8H,1-2,5H2,(H,15,16)(H,17,18). The number of carboxylic acids is 1. The van der Waals surface area contributed by atoms with Crippen molar-refractivity contribution < 1.29 is 9.90 Å². The minimum atomic E-state index is -0.684. The summed E-state index contributed by atoms with van der Waals surface area (Å²) in [6.45, 7) is 0. The predicted molar refractivity (Wildman–Crippen MR) is 71.5 cm³/mol.